The van der Waals surface area contributed by atoms with Gasteiger partial charge in [0.05, 0.1) is 11.5 Å². The molecule has 3 rings (SSSR count). The molecule has 3 heterocycles. The predicted molar refractivity (Wildman–Crippen MR) is 89.5 cm³/mol. The molecule has 0 spiro atoms. The molecule has 0 amide bonds. The lowest BCUT2D eigenvalue weighted by Crippen LogP contribution is -2.50. The molecule has 1 atom stereocenters. The Morgan fingerprint density at radius 3 is 2.32 bits per heavy atom. The topological polar surface area (TPSA) is 66.4 Å². The van der Waals surface area contributed by atoms with Gasteiger partial charge in [-0.1, -0.05) is 32.1 Å². The summed E-state index contributed by atoms with van der Waals surface area (Å²) in [6.07, 6.45) is 0.787. The highest BCUT2D eigenvalue weighted by Crippen LogP contribution is 2.30. The fourth-order valence-corrected chi connectivity index (χ4v) is 5.70. The fourth-order valence-electron chi connectivity index (χ4n) is 2.99. The lowest BCUT2D eigenvalue weighted by atomic mass is 9.98. The van der Waals surface area contributed by atoms with Gasteiger partial charge in [0, 0.05) is 37.6 Å². The van der Waals surface area contributed by atoms with Crippen molar-refractivity contribution in [3.8, 4) is 0 Å². The van der Waals surface area contributed by atoms with Crippen molar-refractivity contribution in [1.82, 2.24) is 15.1 Å². The third-order valence-corrected chi connectivity index (χ3v) is 7.53. The molecule has 124 valence electrons. The van der Waals surface area contributed by atoms with E-state index in [9.17, 15) is 8.42 Å². The molecule has 1 aromatic heterocycles. The van der Waals surface area contributed by atoms with Crippen LogP contribution in [-0.2, 0) is 15.3 Å². The Balaban J connectivity index is 1.59. The molecular formula is C14H24N4O2S2. The van der Waals surface area contributed by atoms with Crippen LogP contribution in [0.3, 0.4) is 0 Å². The highest BCUT2D eigenvalue weighted by Gasteiger charge is 2.34. The number of hydrogen-bond acceptors (Lipinski definition) is 7. The second-order valence-corrected chi connectivity index (χ2v) is 10.4. The standard InChI is InChI=1S/C14H24N4O2S2/c1-14(2,3)12-15-16-13(21-12)18-7-5-17(6-8-18)11-4-9-22(19,20)10-11/h11H,4-10H2,1-3H3. The normalized spacial score (nSPS) is 26.5. The van der Waals surface area contributed by atoms with Crippen molar-refractivity contribution in [3.63, 3.8) is 0 Å². The smallest absolute Gasteiger partial charge is 0.208 e. The fraction of sp³-hybridized carbons (Fsp3) is 0.857. The summed E-state index contributed by atoms with van der Waals surface area (Å²) in [5.41, 5.74) is 0.0376. The molecule has 0 radical (unpaired) electrons. The molecule has 1 aromatic rings. The summed E-state index contributed by atoms with van der Waals surface area (Å²) in [4.78, 5) is 4.60. The van der Waals surface area contributed by atoms with Gasteiger partial charge in [0.15, 0.2) is 9.84 Å². The zero-order valence-electron chi connectivity index (χ0n) is 13.4. The average Bonchev–Trinajstić information content (AvgIpc) is 3.05. The van der Waals surface area contributed by atoms with Crippen LogP contribution in [0.1, 0.15) is 32.2 Å². The number of aromatic nitrogens is 2. The summed E-state index contributed by atoms with van der Waals surface area (Å²) in [7, 11) is -2.80. The van der Waals surface area contributed by atoms with Crippen molar-refractivity contribution in [2.24, 2.45) is 0 Å². The molecule has 22 heavy (non-hydrogen) atoms. The molecule has 0 N–H and O–H groups in total. The average molecular weight is 345 g/mol. The predicted octanol–water partition coefficient (Wildman–Crippen LogP) is 1.14. The van der Waals surface area contributed by atoms with E-state index in [1.807, 2.05) is 0 Å². The van der Waals surface area contributed by atoms with Crippen LogP contribution in [0, 0.1) is 0 Å². The van der Waals surface area contributed by atoms with Crippen LogP contribution in [0.2, 0.25) is 0 Å². The van der Waals surface area contributed by atoms with Crippen LogP contribution in [0.5, 0.6) is 0 Å². The van der Waals surface area contributed by atoms with Crippen molar-refractivity contribution in [2.45, 2.75) is 38.6 Å². The Kier molecular flexibility index (Phi) is 4.20. The van der Waals surface area contributed by atoms with Gasteiger partial charge in [0.2, 0.25) is 5.13 Å². The van der Waals surface area contributed by atoms with E-state index in [4.69, 9.17) is 0 Å². The maximum absolute atomic E-state index is 11.6. The van der Waals surface area contributed by atoms with Crippen LogP contribution in [0.25, 0.3) is 0 Å². The lowest BCUT2D eigenvalue weighted by Gasteiger charge is -2.37. The lowest BCUT2D eigenvalue weighted by molar-refractivity contribution is 0.200. The van der Waals surface area contributed by atoms with E-state index in [1.165, 1.54) is 0 Å². The molecule has 6 nitrogen and oxygen atoms in total. The molecule has 2 aliphatic heterocycles. The summed E-state index contributed by atoms with van der Waals surface area (Å²) >= 11 is 1.67. The van der Waals surface area contributed by atoms with Crippen molar-refractivity contribution < 1.29 is 8.42 Å². The first-order valence-electron chi connectivity index (χ1n) is 7.78. The summed E-state index contributed by atoms with van der Waals surface area (Å²) in [6.45, 7) is 10.1. The van der Waals surface area contributed by atoms with E-state index in [0.29, 0.717) is 11.5 Å². The minimum atomic E-state index is -2.80. The highest BCUT2D eigenvalue weighted by molar-refractivity contribution is 7.91. The van der Waals surface area contributed by atoms with Crippen molar-refractivity contribution in [2.75, 3.05) is 42.6 Å². The maximum atomic E-state index is 11.6. The Bertz CT molecular complexity index is 628. The molecule has 0 saturated carbocycles. The minimum Gasteiger partial charge on any atom is -0.344 e. The summed E-state index contributed by atoms with van der Waals surface area (Å²) < 4.78 is 23.2. The Labute approximate surface area is 136 Å². The Morgan fingerprint density at radius 2 is 1.82 bits per heavy atom. The van der Waals surface area contributed by atoms with E-state index in [-0.39, 0.29) is 11.5 Å². The second-order valence-electron chi connectivity index (χ2n) is 7.22. The van der Waals surface area contributed by atoms with Gasteiger partial charge in [0.25, 0.3) is 0 Å². The summed E-state index contributed by atoms with van der Waals surface area (Å²) in [6, 6.07) is 0.215. The SMILES string of the molecule is CC(C)(C)c1nnc(N2CCN(C3CCS(=O)(=O)C3)CC2)s1. The molecule has 2 saturated heterocycles. The molecule has 2 aliphatic rings. The largest absolute Gasteiger partial charge is 0.344 e. The first-order chi connectivity index (χ1) is 10.2. The van der Waals surface area contributed by atoms with E-state index in [2.05, 4.69) is 40.8 Å². The van der Waals surface area contributed by atoms with E-state index in [1.54, 1.807) is 11.3 Å². The van der Waals surface area contributed by atoms with Gasteiger partial charge in [0.1, 0.15) is 5.01 Å². The van der Waals surface area contributed by atoms with Crippen LogP contribution < -0.4 is 4.90 Å². The number of nitrogens with zero attached hydrogens (tertiary/aromatic N) is 4. The van der Waals surface area contributed by atoms with Crippen LogP contribution in [0.4, 0.5) is 5.13 Å². The molecule has 2 fully saturated rings. The quantitative estimate of drug-likeness (QED) is 0.802. The zero-order valence-corrected chi connectivity index (χ0v) is 15.1. The van der Waals surface area contributed by atoms with E-state index in [0.717, 1.165) is 42.7 Å². The Morgan fingerprint density at radius 1 is 1.14 bits per heavy atom. The van der Waals surface area contributed by atoms with Gasteiger partial charge < -0.3 is 4.90 Å². The number of piperazine rings is 1. The first kappa shape index (κ1) is 16.1. The number of anilines is 1. The second kappa shape index (κ2) is 5.72. The van der Waals surface area contributed by atoms with Crippen molar-refractivity contribution in [3.05, 3.63) is 5.01 Å². The first-order valence-corrected chi connectivity index (χ1v) is 10.4. The zero-order chi connectivity index (χ0) is 16.0. The molecule has 8 heteroatoms. The van der Waals surface area contributed by atoms with Crippen molar-refractivity contribution >= 4 is 26.3 Å². The Hall–Kier alpha value is -0.730. The maximum Gasteiger partial charge on any atom is 0.208 e. The van der Waals surface area contributed by atoms with Gasteiger partial charge in [-0.2, -0.15) is 0 Å². The molecular weight excluding hydrogens is 320 g/mol. The van der Waals surface area contributed by atoms with Gasteiger partial charge in [-0.05, 0) is 6.42 Å². The van der Waals surface area contributed by atoms with Gasteiger partial charge in [-0.15, -0.1) is 10.2 Å². The monoisotopic (exact) mass is 344 g/mol. The van der Waals surface area contributed by atoms with E-state index >= 15 is 0 Å². The van der Waals surface area contributed by atoms with Crippen LogP contribution in [-0.4, -0.2) is 67.2 Å². The third-order valence-electron chi connectivity index (χ3n) is 4.37. The molecule has 0 aliphatic carbocycles. The van der Waals surface area contributed by atoms with Crippen molar-refractivity contribution in [1.29, 1.82) is 0 Å². The molecule has 0 aromatic carbocycles. The van der Waals surface area contributed by atoms with Gasteiger partial charge >= 0.3 is 0 Å². The third kappa shape index (κ3) is 3.44. The highest BCUT2D eigenvalue weighted by atomic mass is 32.2. The van der Waals surface area contributed by atoms with Crippen LogP contribution in [0.15, 0.2) is 0 Å². The molecule has 1 unspecified atom stereocenters. The summed E-state index contributed by atoms with van der Waals surface area (Å²) in [5.74, 6) is 0.684. The van der Waals surface area contributed by atoms with Gasteiger partial charge in [-0.25, -0.2) is 8.42 Å². The number of sulfone groups is 1. The van der Waals surface area contributed by atoms with Crippen LogP contribution >= 0.6 is 11.3 Å². The van der Waals surface area contributed by atoms with E-state index < -0.39 is 9.84 Å². The summed E-state index contributed by atoms with van der Waals surface area (Å²) in [5, 5.41) is 10.7. The molecule has 0 bridgehead atoms. The number of hydrogen-bond donors (Lipinski definition) is 0. The van der Waals surface area contributed by atoms with Gasteiger partial charge in [-0.3, -0.25) is 4.90 Å². The number of rotatable bonds is 2. The minimum absolute atomic E-state index is 0.0376.